The minimum Gasteiger partial charge on any atom is -0.350 e. The van der Waals surface area contributed by atoms with Crippen LogP contribution in [0.4, 0.5) is 4.79 Å². The second kappa shape index (κ2) is 5.21. The van der Waals surface area contributed by atoms with E-state index in [0.29, 0.717) is 0 Å². The highest BCUT2D eigenvalue weighted by atomic mass is 16.2. The van der Waals surface area contributed by atoms with Crippen molar-refractivity contribution in [2.45, 2.75) is 26.2 Å². The van der Waals surface area contributed by atoms with Crippen molar-refractivity contribution in [3.63, 3.8) is 0 Å². The first kappa shape index (κ1) is 10.5. The molecule has 0 radical (unpaired) electrons. The lowest BCUT2D eigenvalue weighted by atomic mass is 10.2. The Kier molecular flexibility index (Phi) is 3.91. The third kappa shape index (κ3) is 3.89. The van der Waals surface area contributed by atoms with Gasteiger partial charge in [-0.3, -0.25) is 0 Å². The first-order valence-corrected chi connectivity index (χ1v) is 4.65. The van der Waals surface area contributed by atoms with Gasteiger partial charge in [0, 0.05) is 0 Å². The van der Waals surface area contributed by atoms with Gasteiger partial charge < -0.3 is 5.73 Å². The van der Waals surface area contributed by atoms with Crippen molar-refractivity contribution in [3.05, 3.63) is 23.8 Å². The maximum absolute atomic E-state index is 10.3. The predicted molar refractivity (Wildman–Crippen MR) is 56.9 cm³/mol. The van der Waals surface area contributed by atoms with Gasteiger partial charge in [-0.15, -0.1) is 0 Å². The Labute approximate surface area is 83.6 Å². The normalized spacial score (nSPS) is 17.2. The van der Waals surface area contributed by atoms with Crippen LogP contribution >= 0.6 is 0 Å². The first-order valence-electron chi connectivity index (χ1n) is 4.65. The Morgan fingerprint density at radius 1 is 1.71 bits per heavy atom. The lowest BCUT2D eigenvalue weighted by Crippen LogP contribution is -2.25. The fraction of sp³-hybridized carbons (Fsp3) is 0.400. The molecule has 4 nitrogen and oxygen atoms in total. The second-order valence-electron chi connectivity index (χ2n) is 3.23. The smallest absolute Gasteiger partial charge is 0.332 e. The van der Waals surface area contributed by atoms with Crippen molar-refractivity contribution in [2.75, 3.05) is 0 Å². The van der Waals surface area contributed by atoms with E-state index in [1.807, 2.05) is 19.1 Å². The molecule has 0 aliphatic heterocycles. The number of amides is 2. The summed E-state index contributed by atoms with van der Waals surface area (Å²) in [7, 11) is 0. The topological polar surface area (TPSA) is 67.5 Å². The zero-order chi connectivity index (χ0) is 10.4. The summed E-state index contributed by atoms with van der Waals surface area (Å²) in [6, 6.07) is -0.641. The van der Waals surface area contributed by atoms with E-state index in [1.165, 1.54) is 12.0 Å². The fourth-order valence-corrected chi connectivity index (χ4v) is 1.26. The van der Waals surface area contributed by atoms with E-state index in [9.17, 15) is 4.79 Å². The number of nitrogens with two attached hydrogens (primary N) is 1. The Morgan fingerprint density at radius 2 is 2.50 bits per heavy atom. The zero-order valence-electron chi connectivity index (χ0n) is 8.29. The average molecular weight is 193 g/mol. The second-order valence-corrected chi connectivity index (χ2v) is 3.23. The lowest BCUT2D eigenvalue weighted by Gasteiger charge is -1.94. The molecule has 0 saturated carbocycles. The van der Waals surface area contributed by atoms with Crippen molar-refractivity contribution in [2.24, 2.45) is 10.8 Å². The van der Waals surface area contributed by atoms with Gasteiger partial charge in [-0.05, 0) is 32.3 Å². The molecule has 0 aromatic rings. The highest BCUT2D eigenvalue weighted by Gasteiger charge is 1.99. The zero-order valence-corrected chi connectivity index (χ0v) is 8.29. The van der Waals surface area contributed by atoms with Gasteiger partial charge in [-0.1, -0.05) is 17.7 Å². The molecule has 1 aliphatic carbocycles. The van der Waals surface area contributed by atoms with Crippen LogP contribution in [0.5, 0.6) is 0 Å². The molecule has 14 heavy (non-hydrogen) atoms. The number of hydrazone groups is 1. The van der Waals surface area contributed by atoms with Crippen LogP contribution in [0.3, 0.4) is 0 Å². The minimum absolute atomic E-state index is 0.641. The lowest BCUT2D eigenvalue weighted by molar-refractivity contribution is 0.249. The Morgan fingerprint density at radius 3 is 3.07 bits per heavy atom. The standard InChI is InChI=1S/C10H15N3O/c1-8(12-13-10(11)14)6-7-9-4-2-3-5-9/h4,6-7H,2-3,5H2,1H3,(H3,11,13,14)/b7-6+,12-8+. The van der Waals surface area contributed by atoms with Crippen molar-refractivity contribution >= 4 is 11.7 Å². The number of urea groups is 1. The van der Waals surface area contributed by atoms with Crippen LogP contribution in [0.15, 0.2) is 28.9 Å². The third-order valence-electron chi connectivity index (χ3n) is 1.96. The number of carbonyl (C=O) groups is 1. The highest BCUT2D eigenvalue weighted by Crippen LogP contribution is 2.18. The van der Waals surface area contributed by atoms with Crippen LogP contribution in [-0.4, -0.2) is 11.7 Å². The summed E-state index contributed by atoms with van der Waals surface area (Å²) in [5.74, 6) is 0. The predicted octanol–water partition coefficient (Wildman–Crippen LogP) is 1.70. The molecule has 76 valence electrons. The molecule has 2 amide bonds. The van der Waals surface area contributed by atoms with E-state index >= 15 is 0 Å². The number of nitrogens with one attached hydrogen (secondary N) is 1. The van der Waals surface area contributed by atoms with Crippen molar-refractivity contribution in [1.29, 1.82) is 0 Å². The van der Waals surface area contributed by atoms with Crippen LogP contribution in [0, 0.1) is 0 Å². The van der Waals surface area contributed by atoms with Gasteiger partial charge in [0.25, 0.3) is 0 Å². The SMILES string of the molecule is CC(/C=C/C1=CCCC1)=N\NC(N)=O. The number of allylic oxidation sites excluding steroid dienone is 4. The molecule has 0 heterocycles. The molecule has 0 bridgehead atoms. The molecule has 4 heteroatoms. The number of nitrogens with zero attached hydrogens (tertiary/aromatic N) is 1. The monoisotopic (exact) mass is 193 g/mol. The molecule has 0 saturated heterocycles. The number of carbonyl (C=O) groups excluding carboxylic acids is 1. The third-order valence-corrected chi connectivity index (χ3v) is 1.96. The van der Waals surface area contributed by atoms with Gasteiger partial charge >= 0.3 is 6.03 Å². The van der Waals surface area contributed by atoms with Crippen LogP contribution in [-0.2, 0) is 0 Å². The maximum Gasteiger partial charge on any atom is 0.332 e. The van der Waals surface area contributed by atoms with Gasteiger partial charge in [0.15, 0.2) is 0 Å². The van der Waals surface area contributed by atoms with Gasteiger partial charge in [0.2, 0.25) is 0 Å². The molecule has 1 rings (SSSR count). The van der Waals surface area contributed by atoms with Crippen LogP contribution in [0.2, 0.25) is 0 Å². The molecule has 0 aromatic carbocycles. The summed E-state index contributed by atoms with van der Waals surface area (Å²) >= 11 is 0. The van der Waals surface area contributed by atoms with Gasteiger partial charge in [0.05, 0.1) is 5.71 Å². The van der Waals surface area contributed by atoms with Crippen LogP contribution < -0.4 is 11.2 Å². The molecule has 0 unspecified atom stereocenters. The number of primary amides is 1. The molecule has 0 fully saturated rings. The summed E-state index contributed by atoms with van der Waals surface area (Å²) in [6.45, 7) is 1.81. The van der Waals surface area contributed by atoms with Crippen molar-refractivity contribution in [1.82, 2.24) is 5.43 Å². The first-order chi connectivity index (χ1) is 6.68. The maximum atomic E-state index is 10.3. The Balaban J connectivity index is 2.42. The van der Waals surface area contributed by atoms with Crippen molar-refractivity contribution in [3.8, 4) is 0 Å². The van der Waals surface area contributed by atoms with E-state index < -0.39 is 6.03 Å². The Hall–Kier alpha value is -1.58. The largest absolute Gasteiger partial charge is 0.350 e. The van der Waals surface area contributed by atoms with Crippen molar-refractivity contribution < 1.29 is 4.79 Å². The number of hydrogen-bond donors (Lipinski definition) is 2. The summed E-state index contributed by atoms with van der Waals surface area (Å²) in [4.78, 5) is 10.3. The van der Waals surface area contributed by atoms with E-state index in [1.54, 1.807) is 0 Å². The van der Waals surface area contributed by atoms with Gasteiger partial charge in [0.1, 0.15) is 0 Å². The molecular formula is C10H15N3O. The summed E-state index contributed by atoms with van der Waals surface area (Å²) in [5, 5.41) is 3.76. The molecule has 0 aromatic heterocycles. The summed E-state index contributed by atoms with van der Waals surface area (Å²) in [5.41, 5.74) is 9.11. The Bertz CT molecular complexity index is 302. The van der Waals surface area contributed by atoms with E-state index in [-0.39, 0.29) is 0 Å². The highest BCUT2D eigenvalue weighted by molar-refractivity contribution is 5.93. The molecular weight excluding hydrogens is 178 g/mol. The minimum atomic E-state index is -0.641. The quantitative estimate of drug-likeness (QED) is 0.520. The fourth-order valence-electron chi connectivity index (χ4n) is 1.26. The van der Waals surface area contributed by atoms with Gasteiger partial charge in [-0.2, -0.15) is 5.10 Å². The number of hydrogen-bond acceptors (Lipinski definition) is 2. The van der Waals surface area contributed by atoms with E-state index in [2.05, 4.69) is 16.6 Å². The summed E-state index contributed by atoms with van der Waals surface area (Å²) < 4.78 is 0. The molecule has 0 spiro atoms. The average Bonchev–Trinajstić information content (AvgIpc) is 2.63. The molecule has 1 aliphatic rings. The summed E-state index contributed by atoms with van der Waals surface area (Å²) in [6.07, 6.45) is 9.63. The molecule has 0 atom stereocenters. The van der Waals surface area contributed by atoms with E-state index in [4.69, 9.17) is 5.73 Å². The van der Waals surface area contributed by atoms with Crippen LogP contribution in [0.25, 0.3) is 0 Å². The molecule has 3 N–H and O–H groups in total. The van der Waals surface area contributed by atoms with Crippen LogP contribution in [0.1, 0.15) is 26.2 Å². The number of rotatable bonds is 3. The van der Waals surface area contributed by atoms with E-state index in [0.717, 1.165) is 18.6 Å². The van der Waals surface area contributed by atoms with Gasteiger partial charge in [-0.25, -0.2) is 10.2 Å².